The smallest absolute Gasteiger partial charge is 0.251 e. The van der Waals surface area contributed by atoms with Gasteiger partial charge in [-0.15, -0.1) is 0 Å². The number of likely N-dealkylation sites (tertiary alicyclic amines) is 1. The molecule has 3 heterocycles. The molecule has 1 amide bonds. The van der Waals surface area contributed by atoms with Gasteiger partial charge in [0.1, 0.15) is 18.8 Å². The standard InChI is InChI=1S/C13H21N5O2/c14-6-11-3-4-12(20-11)13(19)17-5-1-2-10(7-17)18-9-15-8-16-18/h8-12H,1-7,14H2/t10?,11-,12+/m1/s1. The molecule has 7 nitrogen and oxygen atoms in total. The topological polar surface area (TPSA) is 86.3 Å². The molecule has 2 aliphatic heterocycles. The third-order valence-electron chi connectivity index (χ3n) is 4.16. The van der Waals surface area contributed by atoms with Gasteiger partial charge in [-0.25, -0.2) is 9.67 Å². The van der Waals surface area contributed by atoms with Crippen LogP contribution in [-0.2, 0) is 9.53 Å². The molecule has 0 aromatic carbocycles. The number of ether oxygens (including phenoxy) is 1. The van der Waals surface area contributed by atoms with Gasteiger partial charge in [-0.1, -0.05) is 0 Å². The lowest BCUT2D eigenvalue weighted by molar-refractivity contribution is -0.144. The van der Waals surface area contributed by atoms with Crippen molar-refractivity contribution in [1.82, 2.24) is 19.7 Å². The summed E-state index contributed by atoms with van der Waals surface area (Å²) in [6.45, 7) is 1.98. The van der Waals surface area contributed by atoms with Gasteiger partial charge in [-0.3, -0.25) is 4.79 Å². The molecule has 2 N–H and O–H groups in total. The molecule has 3 rings (SSSR count). The first-order chi connectivity index (χ1) is 9.78. The maximum Gasteiger partial charge on any atom is 0.251 e. The predicted molar refractivity (Wildman–Crippen MR) is 71.8 cm³/mol. The maximum absolute atomic E-state index is 12.5. The number of hydrogen-bond donors (Lipinski definition) is 1. The van der Waals surface area contributed by atoms with Crippen LogP contribution >= 0.6 is 0 Å². The zero-order valence-corrected chi connectivity index (χ0v) is 11.5. The molecule has 2 fully saturated rings. The van der Waals surface area contributed by atoms with Crippen molar-refractivity contribution in [2.75, 3.05) is 19.6 Å². The Labute approximate surface area is 118 Å². The minimum atomic E-state index is -0.307. The Bertz CT molecular complexity index is 450. The molecule has 0 aliphatic carbocycles. The Hall–Kier alpha value is -1.47. The number of rotatable bonds is 3. The summed E-state index contributed by atoms with van der Waals surface area (Å²) in [6, 6.07) is 0.224. The van der Waals surface area contributed by atoms with E-state index in [4.69, 9.17) is 10.5 Å². The normalized spacial score (nSPS) is 30.6. The maximum atomic E-state index is 12.5. The first-order valence-electron chi connectivity index (χ1n) is 7.26. The van der Waals surface area contributed by atoms with Crippen molar-refractivity contribution in [3.05, 3.63) is 12.7 Å². The largest absolute Gasteiger partial charge is 0.364 e. The second-order valence-corrected chi connectivity index (χ2v) is 5.52. The van der Waals surface area contributed by atoms with Gasteiger partial charge in [0, 0.05) is 19.6 Å². The summed E-state index contributed by atoms with van der Waals surface area (Å²) in [5, 5.41) is 4.18. The molecular weight excluding hydrogens is 258 g/mol. The van der Waals surface area contributed by atoms with Gasteiger partial charge in [0.05, 0.1) is 12.1 Å². The van der Waals surface area contributed by atoms with Crippen LogP contribution in [0.25, 0.3) is 0 Å². The third kappa shape index (κ3) is 2.69. The Morgan fingerprint density at radius 1 is 1.40 bits per heavy atom. The van der Waals surface area contributed by atoms with Crippen LogP contribution in [0.3, 0.4) is 0 Å². The molecule has 0 bridgehead atoms. The number of carbonyl (C=O) groups is 1. The summed E-state index contributed by atoms with van der Waals surface area (Å²) >= 11 is 0. The molecule has 2 aliphatic rings. The highest BCUT2D eigenvalue weighted by molar-refractivity contribution is 5.81. The average molecular weight is 279 g/mol. The lowest BCUT2D eigenvalue weighted by atomic mass is 10.0. The molecule has 7 heteroatoms. The fourth-order valence-corrected chi connectivity index (χ4v) is 3.04. The van der Waals surface area contributed by atoms with Crippen molar-refractivity contribution in [3.8, 4) is 0 Å². The molecule has 110 valence electrons. The lowest BCUT2D eigenvalue weighted by Crippen LogP contribution is -2.45. The highest BCUT2D eigenvalue weighted by Crippen LogP contribution is 2.25. The number of amides is 1. The van der Waals surface area contributed by atoms with E-state index in [-0.39, 0.29) is 24.2 Å². The van der Waals surface area contributed by atoms with Crippen molar-refractivity contribution < 1.29 is 9.53 Å². The molecule has 1 aromatic rings. The zero-order chi connectivity index (χ0) is 13.9. The fraction of sp³-hybridized carbons (Fsp3) is 0.769. The minimum Gasteiger partial charge on any atom is -0.364 e. The first kappa shape index (κ1) is 13.5. The SMILES string of the molecule is NC[C@H]1CC[C@@H](C(=O)N2CCCC(n3cncn3)C2)O1. The van der Waals surface area contributed by atoms with Gasteiger partial charge in [-0.05, 0) is 25.7 Å². The highest BCUT2D eigenvalue weighted by atomic mass is 16.5. The van der Waals surface area contributed by atoms with Gasteiger partial charge < -0.3 is 15.4 Å². The Morgan fingerprint density at radius 3 is 3.00 bits per heavy atom. The Kier molecular flexibility index (Phi) is 3.98. The Morgan fingerprint density at radius 2 is 2.30 bits per heavy atom. The number of nitrogens with two attached hydrogens (primary N) is 1. The van der Waals surface area contributed by atoms with E-state index in [1.54, 1.807) is 6.33 Å². The van der Waals surface area contributed by atoms with Gasteiger partial charge in [-0.2, -0.15) is 5.10 Å². The lowest BCUT2D eigenvalue weighted by Gasteiger charge is -2.34. The molecule has 0 spiro atoms. The summed E-state index contributed by atoms with van der Waals surface area (Å²) in [4.78, 5) is 18.4. The quantitative estimate of drug-likeness (QED) is 0.838. The second kappa shape index (κ2) is 5.88. The zero-order valence-electron chi connectivity index (χ0n) is 11.5. The van der Waals surface area contributed by atoms with Crippen LogP contribution < -0.4 is 5.73 Å². The van der Waals surface area contributed by atoms with Crippen molar-refractivity contribution in [2.24, 2.45) is 5.73 Å². The molecule has 0 saturated carbocycles. The molecular formula is C13H21N5O2. The molecule has 0 radical (unpaired) electrons. The van der Waals surface area contributed by atoms with Crippen LogP contribution in [0.4, 0.5) is 0 Å². The van der Waals surface area contributed by atoms with Crippen LogP contribution in [-0.4, -0.2) is 57.4 Å². The fourth-order valence-electron chi connectivity index (χ4n) is 3.04. The van der Waals surface area contributed by atoms with Gasteiger partial charge in [0.15, 0.2) is 0 Å². The summed E-state index contributed by atoms with van der Waals surface area (Å²) in [6.07, 6.45) is 6.67. The monoisotopic (exact) mass is 279 g/mol. The van der Waals surface area contributed by atoms with Crippen molar-refractivity contribution in [1.29, 1.82) is 0 Å². The van der Waals surface area contributed by atoms with E-state index in [0.717, 1.165) is 32.2 Å². The molecule has 1 aromatic heterocycles. The number of hydrogen-bond acceptors (Lipinski definition) is 5. The van der Waals surface area contributed by atoms with Crippen LogP contribution in [0.2, 0.25) is 0 Å². The Balaban J connectivity index is 1.61. The summed E-state index contributed by atoms with van der Waals surface area (Å²) in [5.74, 6) is 0.103. The van der Waals surface area contributed by atoms with E-state index >= 15 is 0 Å². The van der Waals surface area contributed by atoms with Gasteiger partial charge in [0.25, 0.3) is 5.91 Å². The van der Waals surface area contributed by atoms with E-state index in [1.807, 2.05) is 9.58 Å². The predicted octanol–water partition coefficient (Wildman–Crippen LogP) is -0.0521. The van der Waals surface area contributed by atoms with Crippen LogP contribution in [0.15, 0.2) is 12.7 Å². The summed E-state index contributed by atoms with van der Waals surface area (Å²) in [5.41, 5.74) is 5.59. The first-order valence-corrected chi connectivity index (χ1v) is 7.26. The molecule has 2 saturated heterocycles. The van der Waals surface area contributed by atoms with Gasteiger partial charge >= 0.3 is 0 Å². The number of nitrogens with zero attached hydrogens (tertiary/aromatic N) is 4. The van der Waals surface area contributed by atoms with E-state index in [0.29, 0.717) is 13.1 Å². The van der Waals surface area contributed by atoms with Crippen molar-refractivity contribution >= 4 is 5.91 Å². The molecule has 3 atom stereocenters. The minimum absolute atomic E-state index is 0.0415. The third-order valence-corrected chi connectivity index (χ3v) is 4.16. The summed E-state index contributed by atoms with van der Waals surface area (Å²) in [7, 11) is 0. The van der Waals surface area contributed by atoms with E-state index in [2.05, 4.69) is 10.1 Å². The van der Waals surface area contributed by atoms with Gasteiger partial charge in [0.2, 0.25) is 0 Å². The number of carbonyl (C=O) groups excluding carboxylic acids is 1. The van der Waals surface area contributed by atoms with E-state index in [1.165, 1.54) is 6.33 Å². The van der Waals surface area contributed by atoms with Crippen molar-refractivity contribution in [3.63, 3.8) is 0 Å². The number of piperidine rings is 1. The van der Waals surface area contributed by atoms with E-state index < -0.39 is 0 Å². The van der Waals surface area contributed by atoms with Crippen LogP contribution in [0, 0.1) is 0 Å². The summed E-state index contributed by atoms with van der Waals surface area (Å²) < 4.78 is 7.55. The molecule has 20 heavy (non-hydrogen) atoms. The second-order valence-electron chi connectivity index (χ2n) is 5.52. The molecule has 1 unspecified atom stereocenters. The number of aromatic nitrogens is 3. The van der Waals surface area contributed by atoms with Crippen LogP contribution in [0.5, 0.6) is 0 Å². The van der Waals surface area contributed by atoms with Crippen LogP contribution in [0.1, 0.15) is 31.7 Å². The highest BCUT2D eigenvalue weighted by Gasteiger charge is 2.35. The average Bonchev–Trinajstić information content (AvgIpc) is 3.17. The van der Waals surface area contributed by atoms with Crippen molar-refractivity contribution in [2.45, 2.75) is 43.9 Å². The van der Waals surface area contributed by atoms with E-state index in [9.17, 15) is 4.79 Å².